The second-order valence-electron chi connectivity index (χ2n) is 7.52. The maximum absolute atomic E-state index is 6.54. The Hall–Kier alpha value is -2.12. The van der Waals surface area contributed by atoms with Gasteiger partial charge in [0.1, 0.15) is 0 Å². The van der Waals surface area contributed by atoms with Crippen molar-refractivity contribution < 1.29 is 0 Å². The van der Waals surface area contributed by atoms with Gasteiger partial charge in [-0.3, -0.25) is 4.98 Å². The smallest absolute Gasteiger partial charge is 0.170 e. The second kappa shape index (κ2) is 8.94. The quantitative estimate of drug-likeness (QED) is 0.539. The van der Waals surface area contributed by atoms with Crippen LogP contribution in [0.25, 0.3) is 5.69 Å². The van der Waals surface area contributed by atoms with Crippen LogP contribution in [0.4, 0.5) is 0 Å². The number of rotatable bonds is 6. The van der Waals surface area contributed by atoms with Crippen LogP contribution < -0.4 is 5.32 Å². The van der Waals surface area contributed by atoms with E-state index in [-0.39, 0.29) is 12.1 Å². The summed E-state index contributed by atoms with van der Waals surface area (Å²) in [6.45, 7) is 1.68. The summed E-state index contributed by atoms with van der Waals surface area (Å²) in [5, 5.41) is 5.43. The highest BCUT2D eigenvalue weighted by Gasteiger charge is 2.41. The van der Waals surface area contributed by atoms with E-state index in [4.69, 9.17) is 35.4 Å². The molecule has 0 saturated carbocycles. The lowest BCUT2D eigenvalue weighted by Gasteiger charge is -2.30. The molecule has 1 aromatic carbocycles. The second-order valence-corrected chi connectivity index (χ2v) is 8.75. The van der Waals surface area contributed by atoms with Crippen LogP contribution in [0.1, 0.15) is 23.5 Å². The molecule has 1 aliphatic heterocycles. The molecule has 0 spiro atoms. The molecule has 156 valence electrons. The Morgan fingerprint density at radius 1 is 1.13 bits per heavy atom. The standard InChI is InChI=1S/C22H23Cl2N5S/c1-27(2)12-13-29-21(20(26-22(29)30)17-6-3-4-10-25-17)19-7-5-11-28(19)18-9-8-15(23)14-16(18)24/h3-11,14,20-21H,12-13H2,1-2H3,(H,26,30)/t20-,21-/m0/s1. The predicted octanol–water partition coefficient (Wildman–Crippen LogP) is 4.71. The van der Waals surface area contributed by atoms with E-state index in [9.17, 15) is 0 Å². The van der Waals surface area contributed by atoms with Gasteiger partial charge in [0, 0.05) is 36.2 Å². The maximum atomic E-state index is 6.54. The van der Waals surface area contributed by atoms with Crippen molar-refractivity contribution in [1.82, 2.24) is 24.7 Å². The summed E-state index contributed by atoms with van der Waals surface area (Å²) in [7, 11) is 4.13. The number of nitrogens with one attached hydrogen (secondary N) is 1. The number of likely N-dealkylation sites (N-methyl/N-ethyl adjacent to an activating group) is 1. The molecule has 4 rings (SSSR count). The third-order valence-corrected chi connectivity index (χ3v) is 6.13. The van der Waals surface area contributed by atoms with E-state index in [0.717, 1.165) is 35.3 Å². The van der Waals surface area contributed by atoms with Gasteiger partial charge in [0.05, 0.1) is 28.5 Å². The third kappa shape index (κ3) is 4.18. The number of pyridine rings is 1. The van der Waals surface area contributed by atoms with Crippen LogP contribution in [-0.2, 0) is 0 Å². The fourth-order valence-corrected chi connectivity index (χ4v) is 4.64. The largest absolute Gasteiger partial charge is 0.352 e. The van der Waals surface area contributed by atoms with Crippen molar-refractivity contribution in [2.75, 3.05) is 27.2 Å². The fourth-order valence-electron chi connectivity index (χ4n) is 3.81. The van der Waals surface area contributed by atoms with Gasteiger partial charge in [-0.1, -0.05) is 29.3 Å². The average Bonchev–Trinajstić information content (AvgIpc) is 3.31. The number of hydrogen-bond acceptors (Lipinski definition) is 3. The molecular formula is C22H23Cl2N5S. The summed E-state index contributed by atoms with van der Waals surface area (Å²) in [4.78, 5) is 9.00. The first kappa shape index (κ1) is 21.1. The molecule has 1 fully saturated rings. The van der Waals surface area contributed by atoms with E-state index < -0.39 is 0 Å². The topological polar surface area (TPSA) is 36.3 Å². The Kier molecular flexibility index (Phi) is 6.29. The molecular weight excluding hydrogens is 437 g/mol. The highest BCUT2D eigenvalue weighted by atomic mass is 35.5. The lowest BCUT2D eigenvalue weighted by Crippen LogP contribution is -2.36. The molecule has 30 heavy (non-hydrogen) atoms. The minimum absolute atomic E-state index is 0.0332. The Balaban J connectivity index is 1.80. The van der Waals surface area contributed by atoms with Crippen LogP contribution in [0, 0.1) is 0 Å². The van der Waals surface area contributed by atoms with Crippen molar-refractivity contribution >= 4 is 40.5 Å². The Labute approximate surface area is 192 Å². The van der Waals surface area contributed by atoms with Crippen LogP contribution in [0.5, 0.6) is 0 Å². The van der Waals surface area contributed by atoms with Crippen LogP contribution in [0.15, 0.2) is 60.9 Å². The van der Waals surface area contributed by atoms with E-state index in [1.54, 1.807) is 6.07 Å². The summed E-state index contributed by atoms with van der Waals surface area (Å²) in [5.74, 6) is 0. The van der Waals surface area contributed by atoms with Gasteiger partial charge in [-0.25, -0.2) is 0 Å². The zero-order chi connectivity index (χ0) is 21.3. The molecule has 0 unspecified atom stereocenters. The molecule has 2 aromatic heterocycles. The van der Waals surface area contributed by atoms with Crippen molar-refractivity contribution in [2.45, 2.75) is 12.1 Å². The van der Waals surface area contributed by atoms with Crippen LogP contribution in [-0.4, -0.2) is 51.6 Å². The minimum atomic E-state index is -0.0689. The summed E-state index contributed by atoms with van der Waals surface area (Å²) in [6, 6.07) is 15.6. The number of nitrogens with zero attached hydrogens (tertiary/aromatic N) is 4. The van der Waals surface area contributed by atoms with Crippen LogP contribution in [0.2, 0.25) is 10.0 Å². The van der Waals surface area contributed by atoms with Gasteiger partial charge >= 0.3 is 0 Å². The molecule has 2 atom stereocenters. The van der Waals surface area contributed by atoms with Crippen molar-refractivity contribution in [3.8, 4) is 5.69 Å². The summed E-state index contributed by atoms with van der Waals surface area (Å²) in [6.07, 6.45) is 3.83. The monoisotopic (exact) mass is 459 g/mol. The first-order valence-corrected chi connectivity index (χ1v) is 10.9. The molecule has 8 heteroatoms. The zero-order valence-electron chi connectivity index (χ0n) is 16.8. The number of halogens is 2. The molecule has 1 saturated heterocycles. The van der Waals surface area contributed by atoms with Crippen LogP contribution >= 0.6 is 35.4 Å². The Morgan fingerprint density at radius 3 is 2.67 bits per heavy atom. The minimum Gasteiger partial charge on any atom is -0.352 e. The van der Waals surface area contributed by atoms with E-state index in [1.807, 2.05) is 48.8 Å². The van der Waals surface area contributed by atoms with Gasteiger partial charge in [0.25, 0.3) is 0 Å². The first-order chi connectivity index (χ1) is 14.5. The molecule has 1 aliphatic rings. The number of hydrogen-bond donors (Lipinski definition) is 1. The van der Waals surface area contributed by atoms with Crippen molar-refractivity contribution in [3.05, 3.63) is 82.4 Å². The molecule has 0 amide bonds. The highest BCUT2D eigenvalue weighted by molar-refractivity contribution is 7.80. The lowest BCUT2D eigenvalue weighted by molar-refractivity contribution is 0.272. The normalized spacial score (nSPS) is 18.8. The SMILES string of the molecule is CN(C)CCN1C(=S)N[C@@H](c2ccccn2)[C@@H]1c1cccn1-c1ccc(Cl)cc1Cl. The van der Waals surface area contributed by atoms with Crippen molar-refractivity contribution in [3.63, 3.8) is 0 Å². The maximum Gasteiger partial charge on any atom is 0.170 e. The number of benzene rings is 1. The van der Waals surface area contributed by atoms with E-state index in [0.29, 0.717) is 10.0 Å². The number of aromatic nitrogens is 2. The van der Waals surface area contributed by atoms with Gasteiger partial charge in [-0.2, -0.15) is 0 Å². The van der Waals surface area contributed by atoms with Crippen molar-refractivity contribution in [2.24, 2.45) is 0 Å². The summed E-state index contributed by atoms with van der Waals surface area (Å²) < 4.78 is 2.11. The predicted molar refractivity (Wildman–Crippen MR) is 127 cm³/mol. The lowest BCUT2D eigenvalue weighted by atomic mass is 10.0. The molecule has 0 bridgehead atoms. The third-order valence-electron chi connectivity index (χ3n) is 5.24. The molecule has 0 aliphatic carbocycles. The van der Waals surface area contributed by atoms with Crippen molar-refractivity contribution in [1.29, 1.82) is 0 Å². The molecule has 5 nitrogen and oxygen atoms in total. The van der Waals surface area contributed by atoms with Gasteiger partial charge in [0.2, 0.25) is 0 Å². The van der Waals surface area contributed by atoms with Gasteiger partial charge in [0.15, 0.2) is 5.11 Å². The fraction of sp³-hybridized carbons (Fsp3) is 0.273. The van der Waals surface area contributed by atoms with Crippen LogP contribution in [0.3, 0.4) is 0 Å². The van der Waals surface area contributed by atoms with Gasteiger partial charge in [-0.05, 0) is 68.8 Å². The summed E-state index contributed by atoms with van der Waals surface area (Å²) in [5.41, 5.74) is 2.92. The van der Waals surface area contributed by atoms with Gasteiger partial charge in [-0.15, -0.1) is 0 Å². The molecule has 0 radical (unpaired) electrons. The average molecular weight is 460 g/mol. The van der Waals surface area contributed by atoms with E-state index in [2.05, 4.69) is 44.8 Å². The van der Waals surface area contributed by atoms with Gasteiger partial charge < -0.3 is 19.7 Å². The van der Waals surface area contributed by atoms with E-state index in [1.165, 1.54) is 0 Å². The Morgan fingerprint density at radius 2 is 1.97 bits per heavy atom. The molecule has 3 heterocycles. The first-order valence-electron chi connectivity index (χ1n) is 9.71. The highest BCUT2D eigenvalue weighted by Crippen LogP contribution is 2.40. The summed E-state index contributed by atoms with van der Waals surface area (Å²) >= 11 is 18.4. The van der Waals surface area contributed by atoms with E-state index >= 15 is 0 Å². The zero-order valence-corrected chi connectivity index (χ0v) is 19.1. The Bertz CT molecular complexity index is 1040. The molecule has 1 N–H and O–H groups in total. The number of thiocarbonyl (C=S) groups is 1. The molecule has 3 aromatic rings.